The number of carboxylic acids is 1. The first kappa shape index (κ1) is 16.7. The molecule has 0 saturated heterocycles. The van der Waals surface area contributed by atoms with Crippen molar-refractivity contribution >= 4 is 11.9 Å². The Labute approximate surface area is 134 Å². The normalized spacial score (nSPS) is 11.7. The van der Waals surface area contributed by atoms with E-state index in [9.17, 15) is 9.59 Å². The fourth-order valence-electron chi connectivity index (χ4n) is 2.08. The average Bonchev–Trinajstić information content (AvgIpc) is 2.58. The molecule has 0 radical (unpaired) electrons. The van der Waals surface area contributed by atoms with E-state index in [0.29, 0.717) is 6.54 Å². The van der Waals surface area contributed by atoms with Gasteiger partial charge in [-0.1, -0.05) is 60.7 Å². The zero-order valence-electron chi connectivity index (χ0n) is 12.6. The largest absolute Gasteiger partial charge is 0.481 e. The van der Waals surface area contributed by atoms with Gasteiger partial charge >= 0.3 is 11.9 Å². The summed E-state index contributed by atoms with van der Waals surface area (Å²) in [7, 11) is 0. The Kier molecular flexibility index (Phi) is 6.32. The molecule has 120 valence electrons. The summed E-state index contributed by atoms with van der Waals surface area (Å²) in [6, 6.07) is 17.9. The summed E-state index contributed by atoms with van der Waals surface area (Å²) in [4.78, 5) is 23.1. The summed E-state index contributed by atoms with van der Waals surface area (Å²) in [6.07, 6.45) is -0.319. The third kappa shape index (κ3) is 5.92. The number of rotatable bonds is 8. The molecule has 0 amide bonds. The summed E-state index contributed by atoms with van der Waals surface area (Å²) >= 11 is 0. The fraction of sp³-hybridized carbons (Fsp3) is 0.222. The van der Waals surface area contributed by atoms with Gasteiger partial charge in [0.2, 0.25) is 0 Å². The molecule has 23 heavy (non-hydrogen) atoms. The molecule has 0 aliphatic heterocycles. The molecule has 5 heteroatoms. The van der Waals surface area contributed by atoms with E-state index in [0.717, 1.165) is 11.1 Å². The average molecular weight is 313 g/mol. The topological polar surface area (TPSA) is 75.6 Å². The zero-order chi connectivity index (χ0) is 16.5. The van der Waals surface area contributed by atoms with Gasteiger partial charge in [0.25, 0.3) is 0 Å². The molecule has 0 heterocycles. The minimum Gasteiger partial charge on any atom is -0.481 e. The minimum absolute atomic E-state index is 0.128. The van der Waals surface area contributed by atoms with Gasteiger partial charge in [-0.05, 0) is 11.1 Å². The molecule has 0 aromatic heterocycles. The third-order valence-electron chi connectivity index (χ3n) is 3.28. The Morgan fingerprint density at radius 3 is 2.09 bits per heavy atom. The van der Waals surface area contributed by atoms with Crippen LogP contribution in [-0.4, -0.2) is 23.1 Å². The van der Waals surface area contributed by atoms with Gasteiger partial charge in [-0.25, -0.2) is 0 Å². The van der Waals surface area contributed by atoms with Gasteiger partial charge in [-0.3, -0.25) is 14.9 Å². The van der Waals surface area contributed by atoms with E-state index >= 15 is 0 Å². The highest BCUT2D eigenvalue weighted by Crippen LogP contribution is 2.05. The Bertz CT molecular complexity index is 628. The van der Waals surface area contributed by atoms with Crippen LogP contribution in [0.15, 0.2) is 60.7 Å². The predicted octanol–water partition coefficient (Wildman–Crippen LogP) is 2.36. The Hall–Kier alpha value is -2.66. The number of carbonyl (C=O) groups excluding carboxylic acids is 1. The van der Waals surface area contributed by atoms with Crippen LogP contribution in [0.2, 0.25) is 0 Å². The fourth-order valence-corrected chi connectivity index (χ4v) is 2.08. The first-order valence-corrected chi connectivity index (χ1v) is 7.35. The quantitative estimate of drug-likeness (QED) is 0.732. The van der Waals surface area contributed by atoms with Crippen LogP contribution in [0.25, 0.3) is 0 Å². The molecule has 0 aliphatic carbocycles. The van der Waals surface area contributed by atoms with E-state index in [1.165, 1.54) is 0 Å². The lowest BCUT2D eigenvalue weighted by Crippen LogP contribution is -2.39. The van der Waals surface area contributed by atoms with E-state index in [1.54, 1.807) is 0 Å². The standard InChI is InChI=1S/C18H19NO4/c20-17(21)11-16(19-12-14-7-3-1-4-8-14)18(22)23-13-15-9-5-2-6-10-15/h1-10,16,19H,11-13H2,(H,20,21)/t16-/m1/s1. The molecule has 0 aliphatic rings. The van der Waals surface area contributed by atoms with Crippen LogP contribution in [0.5, 0.6) is 0 Å². The first-order valence-electron chi connectivity index (χ1n) is 7.35. The highest BCUT2D eigenvalue weighted by Gasteiger charge is 2.22. The van der Waals surface area contributed by atoms with E-state index in [4.69, 9.17) is 9.84 Å². The maximum absolute atomic E-state index is 12.1. The van der Waals surface area contributed by atoms with Gasteiger partial charge in [0.05, 0.1) is 6.42 Å². The number of carbonyl (C=O) groups is 2. The van der Waals surface area contributed by atoms with E-state index in [1.807, 2.05) is 60.7 Å². The van der Waals surface area contributed by atoms with Crippen molar-refractivity contribution in [3.8, 4) is 0 Å². The minimum atomic E-state index is -1.05. The number of hydrogen-bond donors (Lipinski definition) is 2. The molecule has 1 atom stereocenters. The van der Waals surface area contributed by atoms with Gasteiger partial charge in [-0.2, -0.15) is 0 Å². The summed E-state index contributed by atoms with van der Waals surface area (Å²) < 4.78 is 5.21. The highest BCUT2D eigenvalue weighted by molar-refractivity contribution is 5.82. The van der Waals surface area contributed by atoms with Crippen molar-refractivity contribution in [1.82, 2.24) is 5.32 Å². The van der Waals surface area contributed by atoms with Crippen LogP contribution in [0, 0.1) is 0 Å². The monoisotopic (exact) mass is 313 g/mol. The summed E-state index contributed by atoms with van der Waals surface area (Å²) in [5, 5.41) is 11.9. The first-order chi connectivity index (χ1) is 11.1. The lowest BCUT2D eigenvalue weighted by Gasteiger charge is -2.16. The second kappa shape index (κ2) is 8.70. The van der Waals surface area contributed by atoms with Crippen LogP contribution >= 0.6 is 0 Å². The number of aliphatic carboxylic acids is 1. The molecule has 2 aromatic carbocycles. The van der Waals surface area contributed by atoms with Gasteiger partial charge < -0.3 is 9.84 Å². The maximum atomic E-state index is 12.1. The molecular weight excluding hydrogens is 294 g/mol. The van der Waals surface area contributed by atoms with E-state index in [-0.39, 0.29) is 13.0 Å². The number of esters is 1. The van der Waals surface area contributed by atoms with Crippen molar-refractivity contribution in [2.75, 3.05) is 0 Å². The van der Waals surface area contributed by atoms with Crippen molar-refractivity contribution in [3.05, 3.63) is 71.8 Å². The number of carboxylic acid groups (broad SMARTS) is 1. The molecule has 2 aromatic rings. The van der Waals surface area contributed by atoms with Crippen LogP contribution in [0.1, 0.15) is 17.5 Å². The van der Waals surface area contributed by atoms with Gasteiger partial charge in [0.15, 0.2) is 0 Å². The number of ether oxygens (including phenoxy) is 1. The van der Waals surface area contributed by atoms with Crippen molar-refractivity contribution in [2.45, 2.75) is 25.6 Å². The summed E-state index contributed by atoms with van der Waals surface area (Å²) in [5.74, 6) is -1.61. The lowest BCUT2D eigenvalue weighted by atomic mass is 10.1. The van der Waals surface area contributed by atoms with Crippen molar-refractivity contribution in [3.63, 3.8) is 0 Å². The third-order valence-corrected chi connectivity index (χ3v) is 3.28. The van der Waals surface area contributed by atoms with E-state index in [2.05, 4.69) is 5.32 Å². The molecule has 0 unspecified atom stereocenters. The molecule has 0 saturated carbocycles. The predicted molar refractivity (Wildman–Crippen MR) is 85.6 cm³/mol. The summed E-state index contributed by atoms with van der Waals surface area (Å²) in [6.45, 7) is 0.530. The Morgan fingerprint density at radius 2 is 1.52 bits per heavy atom. The zero-order valence-corrected chi connectivity index (χ0v) is 12.6. The van der Waals surface area contributed by atoms with Crippen LogP contribution in [0.3, 0.4) is 0 Å². The van der Waals surface area contributed by atoms with Crippen molar-refractivity contribution in [1.29, 1.82) is 0 Å². The smallest absolute Gasteiger partial charge is 0.324 e. The summed E-state index contributed by atoms with van der Waals surface area (Å²) in [5.41, 5.74) is 1.83. The van der Waals surface area contributed by atoms with Gasteiger partial charge in [0.1, 0.15) is 12.6 Å². The Balaban J connectivity index is 1.91. The highest BCUT2D eigenvalue weighted by atomic mass is 16.5. The van der Waals surface area contributed by atoms with Crippen molar-refractivity contribution in [2.24, 2.45) is 0 Å². The second-order valence-corrected chi connectivity index (χ2v) is 5.11. The number of nitrogens with one attached hydrogen (secondary N) is 1. The molecule has 5 nitrogen and oxygen atoms in total. The maximum Gasteiger partial charge on any atom is 0.324 e. The second-order valence-electron chi connectivity index (χ2n) is 5.11. The van der Waals surface area contributed by atoms with E-state index < -0.39 is 18.0 Å². The van der Waals surface area contributed by atoms with Crippen LogP contribution < -0.4 is 5.32 Å². The van der Waals surface area contributed by atoms with Gasteiger partial charge in [-0.15, -0.1) is 0 Å². The van der Waals surface area contributed by atoms with Crippen LogP contribution in [0.4, 0.5) is 0 Å². The number of benzene rings is 2. The molecule has 2 rings (SSSR count). The molecule has 0 spiro atoms. The molecule has 0 bridgehead atoms. The number of hydrogen-bond acceptors (Lipinski definition) is 4. The molecular formula is C18H19NO4. The molecule has 2 N–H and O–H groups in total. The molecule has 0 fully saturated rings. The van der Waals surface area contributed by atoms with Crippen molar-refractivity contribution < 1.29 is 19.4 Å². The lowest BCUT2D eigenvalue weighted by molar-refractivity contribution is -0.151. The van der Waals surface area contributed by atoms with Crippen LogP contribution in [-0.2, 0) is 27.5 Å². The van der Waals surface area contributed by atoms with Gasteiger partial charge in [0, 0.05) is 6.54 Å². The SMILES string of the molecule is O=C(O)C[C@@H](NCc1ccccc1)C(=O)OCc1ccccc1. The Morgan fingerprint density at radius 1 is 0.957 bits per heavy atom.